The van der Waals surface area contributed by atoms with E-state index in [1.807, 2.05) is 0 Å². The molecule has 28 valence electrons. The van der Waals surface area contributed by atoms with Crippen LogP contribution >= 0.6 is 15.9 Å². The molecular formula is C3H4BrO+. The van der Waals surface area contributed by atoms with Crippen LogP contribution in [0.1, 0.15) is 0 Å². The molecule has 0 spiro atoms. The van der Waals surface area contributed by atoms with E-state index in [-0.39, 0.29) is 0 Å². The van der Waals surface area contributed by atoms with Crippen molar-refractivity contribution in [2.75, 3.05) is 5.33 Å². The second-order valence-electron chi connectivity index (χ2n) is 0.965. The standard InChI is InChI=1S/C3H4BrO/c4-1-3-2-5-3/h2-3H,1H2/q+1. The Balaban J connectivity index is 2.00. The predicted octanol–water partition coefficient (Wildman–Crippen LogP) is 0.942. The Hall–Kier alpha value is 0.310. The molecule has 2 heteroatoms. The topological polar surface area (TPSA) is 12.5 Å². The summed E-state index contributed by atoms with van der Waals surface area (Å²) < 4.78 is 4.69. The molecule has 1 nitrogen and oxygen atoms in total. The van der Waals surface area contributed by atoms with Gasteiger partial charge in [0.15, 0.2) is 0 Å². The van der Waals surface area contributed by atoms with Gasteiger partial charge in [0.05, 0.1) is 5.33 Å². The highest BCUT2D eigenvalue weighted by atomic mass is 79.9. The first-order chi connectivity index (χ1) is 2.43. The molecule has 0 aromatic heterocycles. The highest BCUT2D eigenvalue weighted by molar-refractivity contribution is 9.09. The molecule has 1 unspecified atom stereocenters. The van der Waals surface area contributed by atoms with Crippen LogP contribution in [0, 0.1) is 6.61 Å². The van der Waals surface area contributed by atoms with E-state index >= 15 is 0 Å². The zero-order valence-corrected chi connectivity index (χ0v) is 4.23. The number of halogens is 1. The maximum atomic E-state index is 4.69. The van der Waals surface area contributed by atoms with Crippen LogP contribution in [0.25, 0.3) is 0 Å². The summed E-state index contributed by atoms with van der Waals surface area (Å²) in [6, 6.07) is 0. The summed E-state index contributed by atoms with van der Waals surface area (Å²) in [4.78, 5) is 0. The van der Waals surface area contributed by atoms with Gasteiger partial charge in [-0.2, -0.15) is 0 Å². The maximum absolute atomic E-state index is 4.69. The number of rotatable bonds is 1. The fraction of sp³-hybridized carbons (Fsp3) is 0.667. The summed E-state index contributed by atoms with van der Waals surface area (Å²) in [5.74, 6) is 0. The summed E-state index contributed by atoms with van der Waals surface area (Å²) >= 11 is 3.22. The number of alkyl halides is 1. The molecule has 1 atom stereocenters. The lowest BCUT2D eigenvalue weighted by atomic mass is 10.6. The summed E-state index contributed by atoms with van der Waals surface area (Å²) in [6.07, 6.45) is 0.426. The molecule has 0 amide bonds. The minimum absolute atomic E-state index is 0.426. The van der Waals surface area contributed by atoms with Gasteiger partial charge in [-0.05, 0) is 0 Å². The molecule has 0 aliphatic carbocycles. The van der Waals surface area contributed by atoms with Crippen molar-refractivity contribution in [3.05, 3.63) is 6.61 Å². The zero-order valence-electron chi connectivity index (χ0n) is 2.65. The Morgan fingerprint density at radius 3 is 2.60 bits per heavy atom. The average Bonchev–Trinajstić information content (AvgIpc) is 2.12. The molecule has 0 N–H and O–H groups in total. The summed E-state index contributed by atoms with van der Waals surface area (Å²) in [5, 5.41) is 0.951. The fourth-order valence-corrected chi connectivity index (χ4v) is 0.434. The first-order valence-electron chi connectivity index (χ1n) is 1.48. The molecule has 1 fully saturated rings. The normalized spacial score (nSPS) is 32.6. The van der Waals surface area contributed by atoms with Crippen LogP contribution in [-0.2, 0) is 4.74 Å². The van der Waals surface area contributed by atoms with Crippen LogP contribution in [0.4, 0.5) is 0 Å². The Bertz CT molecular complexity index is 33.9. The molecule has 1 heterocycles. The third-order valence-corrected chi connectivity index (χ3v) is 1.12. The molecule has 1 aliphatic heterocycles. The second-order valence-corrected chi connectivity index (χ2v) is 1.61. The van der Waals surface area contributed by atoms with Crippen LogP contribution in [0.15, 0.2) is 0 Å². The van der Waals surface area contributed by atoms with Gasteiger partial charge < -0.3 is 0 Å². The Morgan fingerprint density at radius 1 is 2.00 bits per heavy atom. The minimum atomic E-state index is 0.426. The first-order valence-corrected chi connectivity index (χ1v) is 2.60. The van der Waals surface area contributed by atoms with Gasteiger partial charge in [-0.3, -0.25) is 0 Å². The maximum Gasteiger partial charge on any atom is 0.285 e. The van der Waals surface area contributed by atoms with E-state index < -0.39 is 0 Å². The fourth-order valence-electron chi connectivity index (χ4n) is 0.128. The van der Waals surface area contributed by atoms with Gasteiger partial charge in [-0.1, -0.05) is 15.9 Å². The molecule has 0 saturated carbocycles. The van der Waals surface area contributed by atoms with Crippen molar-refractivity contribution in [1.29, 1.82) is 0 Å². The molecule has 1 aliphatic rings. The first kappa shape index (κ1) is 3.50. The highest BCUT2D eigenvalue weighted by Gasteiger charge is 2.37. The van der Waals surface area contributed by atoms with Gasteiger partial charge >= 0.3 is 0 Å². The third-order valence-electron chi connectivity index (χ3n) is 0.481. The molecule has 5 heavy (non-hydrogen) atoms. The van der Waals surface area contributed by atoms with Crippen molar-refractivity contribution in [2.24, 2.45) is 0 Å². The molecule has 1 rings (SSSR count). The molecule has 1 saturated heterocycles. The van der Waals surface area contributed by atoms with Crippen molar-refractivity contribution >= 4 is 15.9 Å². The SMILES string of the molecule is BrCC1[CH+]O1. The van der Waals surface area contributed by atoms with E-state index in [9.17, 15) is 0 Å². The Labute approximate surface area is 39.4 Å². The average molecular weight is 136 g/mol. The van der Waals surface area contributed by atoms with Gasteiger partial charge in [0.25, 0.3) is 12.7 Å². The van der Waals surface area contributed by atoms with E-state index in [0.717, 1.165) is 5.33 Å². The predicted molar refractivity (Wildman–Crippen MR) is 23.0 cm³/mol. The lowest BCUT2D eigenvalue weighted by Gasteiger charge is -1.55. The molecule has 0 aromatic carbocycles. The third kappa shape index (κ3) is 0.816. The number of hydrogen-bond donors (Lipinski definition) is 0. The monoisotopic (exact) mass is 135 g/mol. The van der Waals surface area contributed by atoms with Gasteiger partial charge in [0.1, 0.15) is 0 Å². The van der Waals surface area contributed by atoms with Crippen molar-refractivity contribution in [2.45, 2.75) is 6.10 Å². The highest BCUT2D eigenvalue weighted by Crippen LogP contribution is 2.16. The molecular weight excluding hydrogens is 132 g/mol. The smallest absolute Gasteiger partial charge is 0.138 e. The van der Waals surface area contributed by atoms with Gasteiger partial charge in [0.2, 0.25) is 0 Å². The van der Waals surface area contributed by atoms with Gasteiger partial charge in [-0.15, -0.1) is 4.74 Å². The number of ether oxygens (including phenoxy) is 1. The van der Waals surface area contributed by atoms with Crippen LogP contribution in [0.2, 0.25) is 0 Å². The van der Waals surface area contributed by atoms with Crippen LogP contribution in [-0.4, -0.2) is 11.4 Å². The van der Waals surface area contributed by atoms with E-state index in [0.29, 0.717) is 6.10 Å². The van der Waals surface area contributed by atoms with Crippen molar-refractivity contribution in [3.8, 4) is 0 Å². The van der Waals surface area contributed by atoms with E-state index in [1.54, 1.807) is 6.61 Å². The Morgan fingerprint density at radius 2 is 2.60 bits per heavy atom. The molecule has 0 radical (unpaired) electrons. The van der Waals surface area contributed by atoms with Crippen molar-refractivity contribution < 1.29 is 4.74 Å². The second kappa shape index (κ2) is 1.19. The summed E-state index contributed by atoms with van der Waals surface area (Å²) in [5.41, 5.74) is 0. The quantitative estimate of drug-likeness (QED) is 0.297. The molecule has 0 aromatic rings. The number of hydrogen-bond acceptors (Lipinski definition) is 1. The summed E-state index contributed by atoms with van der Waals surface area (Å²) in [7, 11) is 0. The number of epoxide rings is 1. The summed E-state index contributed by atoms with van der Waals surface area (Å²) in [6.45, 7) is 1.80. The van der Waals surface area contributed by atoms with E-state index in [2.05, 4.69) is 20.7 Å². The van der Waals surface area contributed by atoms with Crippen LogP contribution in [0.5, 0.6) is 0 Å². The van der Waals surface area contributed by atoms with Crippen LogP contribution in [0.3, 0.4) is 0 Å². The van der Waals surface area contributed by atoms with Crippen molar-refractivity contribution in [3.63, 3.8) is 0 Å². The lowest BCUT2D eigenvalue weighted by Crippen LogP contribution is -1.77. The molecule has 0 bridgehead atoms. The largest absolute Gasteiger partial charge is 0.285 e. The van der Waals surface area contributed by atoms with Crippen LogP contribution < -0.4 is 0 Å². The van der Waals surface area contributed by atoms with E-state index in [4.69, 9.17) is 0 Å². The van der Waals surface area contributed by atoms with Crippen molar-refractivity contribution in [1.82, 2.24) is 0 Å². The van der Waals surface area contributed by atoms with Gasteiger partial charge in [0, 0.05) is 0 Å². The zero-order chi connectivity index (χ0) is 3.70. The minimum Gasteiger partial charge on any atom is -0.138 e. The van der Waals surface area contributed by atoms with Gasteiger partial charge in [-0.25, -0.2) is 0 Å². The van der Waals surface area contributed by atoms with E-state index in [1.165, 1.54) is 0 Å². The lowest BCUT2D eigenvalue weighted by molar-refractivity contribution is 0.447. The Kier molecular flexibility index (Phi) is 0.830.